The molecule has 1 saturated heterocycles. The van der Waals surface area contributed by atoms with Crippen LogP contribution in [-0.2, 0) is 17.4 Å². The number of hydrogen-bond acceptors (Lipinski definition) is 6. The van der Waals surface area contributed by atoms with Gasteiger partial charge in [-0.05, 0) is 124 Å². The Morgan fingerprint density at radius 3 is 2.18 bits per heavy atom. The van der Waals surface area contributed by atoms with E-state index >= 15 is 0 Å². The van der Waals surface area contributed by atoms with Crippen molar-refractivity contribution in [3.8, 4) is 5.75 Å². The highest BCUT2D eigenvalue weighted by Gasteiger charge is 2.49. The van der Waals surface area contributed by atoms with Crippen LogP contribution in [0.25, 0.3) is 11.0 Å². The quantitative estimate of drug-likeness (QED) is 0.127. The van der Waals surface area contributed by atoms with Gasteiger partial charge in [0, 0.05) is 18.5 Å². The molecule has 0 radical (unpaired) electrons. The Balaban J connectivity index is 0.925. The second kappa shape index (κ2) is 15.1. The fourth-order valence-electron chi connectivity index (χ4n) is 8.05. The van der Waals surface area contributed by atoms with Gasteiger partial charge in [0.15, 0.2) is 5.58 Å². The number of fused-ring (bicyclic) bond motifs is 1. The monoisotopic (exact) mass is 679 g/mol. The first-order chi connectivity index (χ1) is 23.7. The van der Waals surface area contributed by atoms with Crippen LogP contribution in [-0.4, -0.2) is 70.4 Å². The van der Waals surface area contributed by atoms with Crippen molar-refractivity contribution in [3.63, 3.8) is 0 Å². The molecule has 2 saturated carbocycles. The molecule has 2 heterocycles. The number of aryl methyl sites for hydroxylation is 1. The van der Waals surface area contributed by atoms with Crippen LogP contribution in [0.3, 0.4) is 0 Å². The number of ether oxygens (including phenoxy) is 1. The van der Waals surface area contributed by atoms with Crippen LogP contribution < -0.4 is 15.1 Å². The lowest BCUT2D eigenvalue weighted by atomic mass is 9.85. The molecule has 0 N–H and O–H groups in total. The Morgan fingerprint density at radius 2 is 1.57 bits per heavy atom. The van der Waals surface area contributed by atoms with E-state index in [0.29, 0.717) is 5.92 Å². The van der Waals surface area contributed by atoms with E-state index in [-0.39, 0.29) is 11.5 Å². The van der Waals surface area contributed by atoms with Crippen molar-refractivity contribution in [2.75, 3.05) is 40.3 Å². The zero-order valence-electron chi connectivity index (χ0n) is 30.4. The molecular formula is C42H57N3O3Si. The van der Waals surface area contributed by atoms with Crippen molar-refractivity contribution in [1.29, 1.82) is 0 Å². The van der Waals surface area contributed by atoms with Gasteiger partial charge in [0.1, 0.15) is 5.75 Å². The molecular weight excluding hydrogens is 623 g/mol. The first kappa shape index (κ1) is 34.5. The smallest absolute Gasteiger partial charge is 0.240 e. The van der Waals surface area contributed by atoms with E-state index in [0.717, 1.165) is 65.3 Å². The van der Waals surface area contributed by atoms with Crippen LogP contribution in [0.15, 0.2) is 77.3 Å². The normalized spacial score (nSPS) is 21.1. The summed E-state index contributed by atoms with van der Waals surface area (Å²) < 4.78 is 19.5. The summed E-state index contributed by atoms with van der Waals surface area (Å²) in [5.74, 6) is 3.79. The van der Waals surface area contributed by atoms with Crippen molar-refractivity contribution in [2.24, 2.45) is 29.1 Å². The predicted octanol–water partition coefficient (Wildman–Crippen LogP) is 6.93. The van der Waals surface area contributed by atoms with E-state index in [4.69, 9.17) is 13.7 Å². The maximum absolute atomic E-state index is 7.30. The van der Waals surface area contributed by atoms with Crippen LogP contribution in [0, 0.1) is 29.1 Å². The van der Waals surface area contributed by atoms with E-state index in [1.165, 1.54) is 68.5 Å². The summed E-state index contributed by atoms with van der Waals surface area (Å²) in [6.07, 6.45) is 8.83. The van der Waals surface area contributed by atoms with E-state index in [2.05, 4.69) is 123 Å². The zero-order valence-corrected chi connectivity index (χ0v) is 31.6. The molecule has 6 nitrogen and oxygen atoms in total. The molecule has 0 amide bonds. The maximum atomic E-state index is 7.30. The molecule has 3 unspecified atom stereocenters. The maximum Gasteiger partial charge on any atom is 0.240 e. The summed E-state index contributed by atoms with van der Waals surface area (Å²) in [4.78, 5) is 4.93. The van der Waals surface area contributed by atoms with Crippen LogP contribution in [0.1, 0.15) is 70.6 Å². The molecule has 1 aromatic heterocycles. The lowest BCUT2D eigenvalue weighted by Gasteiger charge is -2.36. The van der Waals surface area contributed by atoms with Gasteiger partial charge in [0.05, 0.1) is 24.0 Å². The number of nitrogens with zero attached hydrogens (tertiary/aromatic N) is 3. The van der Waals surface area contributed by atoms with Crippen molar-refractivity contribution in [2.45, 2.75) is 78.4 Å². The topological polar surface area (TPSA) is 51.0 Å². The highest BCUT2D eigenvalue weighted by atomic mass is 28.3. The second-order valence-electron chi connectivity index (χ2n) is 16.6. The average molecular weight is 680 g/mol. The summed E-state index contributed by atoms with van der Waals surface area (Å²) in [6, 6.07) is 26.3. The van der Waals surface area contributed by atoms with Gasteiger partial charge in [0.2, 0.25) is 9.04 Å². The first-order valence-electron chi connectivity index (χ1n) is 18.9. The third-order valence-electron chi connectivity index (χ3n) is 11.1. The minimum Gasteiger partial charge on any atom is -0.493 e. The van der Waals surface area contributed by atoms with Crippen molar-refractivity contribution in [3.05, 3.63) is 84.1 Å². The Hall–Kier alpha value is -2.97. The summed E-state index contributed by atoms with van der Waals surface area (Å²) >= 11 is 0. The van der Waals surface area contributed by atoms with E-state index in [9.17, 15) is 0 Å². The Labute approximate surface area is 295 Å². The molecule has 2 aliphatic carbocycles. The van der Waals surface area contributed by atoms with Crippen molar-refractivity contribution in [1.82, 2.24) is 15.0 Å². The molecule has 3 aliphatic rings. The lowest BCUT2D eigenvalue weighted by Crippen LogP contribution is -2.50. The average Bonchev–Trinajstić information content (AvgIpc) is 4.02. The van der Waals surface area contributed by atoms with Gasteiger partial charge in [-0.2, -0.15) is 0 Å². The molecule has 4 aromatic rings. The van der Waals surface area contributed by atoms with Crippen LogP contribution in [0.2, 0.25) is 0 Å². The number of rotatable bonds is 15. The van der Waals surface area contributed by atoms with E-state index < -0.39 is 9.04 Å². The molecule has 3 atom stereocenters. The third kappa shape index (κ3) is 8.67. The number of likely N-dealkylation sites (tertiary alicyclic amines) is 1. The van der Waals surface area contributed by atoms with E-state index in [1.807, 2.05) is 0 Å². The summed E-state index contributed by atoms with van der Waals surface area (Å²) in [6.45, 7) is 12.3. The molecule has 7 heteroatoms. The first-order valence-corrected chi connectivity index (χ1v) is 20.5. The van der Waals surface area contributed by atoms with E-state index in [1.54, 1.807) is 0 Å². The molecule has 0 spiro atoms. The Morgan fingerprint density at radius 1 is 0.898 bits per heavy atom. The Bertz CT molecular complexity index is 1600. The van der Waals surface area contributed by atoms with Gasteiger partial charge >= 0.3 is 0 Å². The number of hydrogen-bond donors (Lipinski definition) is 0. The number of piperidine rings is 1. The second-order valence-corrected chi connectivity index (χ2v) is 19.0. The molecule has 3 aromatic carbocycles. The van der Waals surface area contributed by atoms with Gasteiger partial charge in [0.25, 0.3) is 0 Å². The molecule has 0 bridgehead atoms. The summed E-state index contributed by atoms with van der Waals surface area (Å²) in [5.41, 5.74) is 3.24. The standard InChI is InChI=1S/C42H57N3O3Si/c1-42(2,3)41(48-49(33-12-8-6-9-13-33)34-14-10-7-11-15-34)36-26-32(36)27-45-24-22-30(23-25-45)18-20-38-35-19-21-39(46-29-31-16-17-31)37(28-44(4)5)40(35)47-43-38/h6-15,19,21,30-32,36,41,49H,16-18,20,22-29H2,1-5H3. The molecule has 7 rings (SSSR count). The minimum absolute atomic E-state index is 0.102. The van der Waals surface area contributed by atoms with Crippen LogP contribution in [0.5, 0.6) is 5.75 Å². The molecule has 3 fully saturated rings. The summed E-state index contributed by atoms with van der Waals surface area (Å²) in [7, 11) is 2.40. The SMILES string of the molecule is CN(C)Cc1c(OCC2CC2)ccc2c(CCC3CCN(CC4CC4C(O[SiH](c4ccccc4)c4ccccc4)C(C)(C)C)CC3)noc12. The predicted molar refractivity (Wildman–Crippen MR) is 202 cm³/mol. The summed E-state index contributed by atoms with van der Waals surface area (Å²) in [5, 5.41) is 8.50. The van der Waals surface area contributed by atoms with Gasteiger partial charge in [-0.1, -0.05) is 86.6 Å². The van der Waals surface area contributed by atoms with Crippen molar-refractivity contribution < 1.29 is 13.7 Å². The zero-order chi connectivity index (χ0) is 34.0. The van der Waals surface area contributed by atoms with Gasteiger partial charge < -0.3 is 23.5 Å². The fraction of sp³-hybridized carbons (Fsp3) is 0.548. The van der Waals surface area contributed by atoms with Gasteiger partial charge in [-0.15, -0.1) is 0 Å². The van der Waals surface area contributed by atoms with Crippen molar-refractivity contribution >= 4 is 30.4 Å². The van der Waals surface area contributed by atoms with Crippen LogP contribution in [0.4, 0.5) is 0 Å². The molecule has 1 aliphatic heterocycles. The third-order valence-corrected chi connectivity index (χ3v) is 13.7. The number of benzene rings is 3. The molecule has 49 heavy (non-hydrogen) atoms. The highest BCUT2D eigenvalue weighted by molar-refractivity contribution is 6.80. The largest absolute Gasteiger partial charge is 0.493 e. The minimum atomic E-state index is -1.80. The van der Waals surface area contributed by atoms with Crippen LogP contribution >= 0.6 is 0 Å². The lowest BCUT2D eigenvalue weighted by molar-refractivity contribution is 0.0606. The fourth-order valence-corrected chi connectivity index (χ4v) is 10.8. The van der Waals surface area contributed by atoms with Gasteiger partial charge in [-0.25, -0.2) is 0 Å². The van der Waals surface area contributed by atoms with Gasteiger partial charge in [-0.3, -0.25) is 0 Å². The number of aromatic nitrogens is 1. The Kier molecular flexibility index (Phi) is 10.6. The molecule has 262 valence electrons. The highest BCUT2D eigenvalue weighted by Crippen LogP contribution is 2.49.